The summed E-state index contributed by atoms with van der Waals surface area (Å²) >= 11 is 0. The van der Waals surface area contributed by atoms with Crippen LogP contribution in [0.25, 0.3) is 0 Å². The number of carboxylic acid groups (broad SMARTS) is 1. The minimum absolute atomic E-state index is 0.145. The molecule has 19 heavy (non-hydrogen) atoms. The average molecular weight is 258 g/mol. The minimum Gasteiger partial charge on any atom is -0.481 e. The molecule has 0 saturated heterocycles. The second-order valence-electron chi connectivity index (χ2n) is 4.02. The summed E-state index contributed by atoms with van der Waals surface area (Å²) in [5.41, 5.74) is 1.58. The SMILES string of the molecule is CCc1cccc(Oc2cc(CC(=O)O)ncn2)c1. The lowest BCUT2D eigenvalue weighted by molar-refractivity contribution is -0.136. The molecule has 0 aliphatic rings. The maximum Gasteiger partial charge on any atom is 0.309 e. The summed E-state index contributed by atoms with van der Waals surface area (Å²) in [6.07, 6.45) is 2.08. The lowest BCUT2D eigenvalue weighted by atomic mass is 10.2. The van der Waals surface area contributed by atoms with E-state index in [-0.39, 0.29) is 6.42 Å². The number of benzene rings is 1. The van der Waals surface area contributed by atoms with E-state index in [0.717, 1.165) is 12.0 Å². The predicted molar refractivity (Wildman–Crippen MR) is 69.3 cm³/mol. The Morgan fingerprint density at radius 3 is 2.89 bits per heavy atom. The van der Waals surface area contributed by atoms with Crippen molar-refractivity contribution in [3.05, 3.63) is 47.9 Å². The van der Waals surface area contributed by atoms with Crippen molar-refractivity contribution in [3.63, 3.8) is 0 Å². The second-order valence-corrected chi connectivity index (χ2v) is 4.02. The molecule has 0 radical (unpaired) electrons. The Hall–Kier alpha value is -2.43. The van der Waals surface area contributed by atoms with Crippen LogP contribution in [0.4, 0.5) is 0 Å². The van der Waals surface area contributed by atoms with E-state index < -0.39 is 5.97 Å². The van der Waals surface area contributed by atoms with Crippen LogP contribution in [0.1, 0.15) is 18.2 Å². The maximum absolute atomic E-state index is 10.6. The molecule has 1 aromatic carbocycles. The summed E-state index contributed by atoms with van der Waals surface area (Å²) in [6.45, 7) is 2.06. The van der Waals surface area contributed by atoms with E-state index >= 15 is 0 Å². The molecule has 1 heterocycles. The third kappa shape index (κ3) is 3.77. The topological polar surface area (TPSA) is 72.3 Å². The molecule has 5 nitrogen and oxygen atoms in total. The Labute approximate surface area is 110 Å². The molecule has 0 fully saturated rings. The molecular formula is C14H14N2O3. The lowest BCUT2D eigenvalue weighted by Crippen LogP contribution is -2.03. The maximum atomic E-state index is 10.6. The van der Waals surface area contributed by atoms with Crippen molar-refractivity contribution in [2.75, 3.05) is 0 Å². The molecule has 0 aliphatic heterocycles. The molecule has 2 rings (SSSR count). The highest BCUT2D eigenvalue weighted by Crippen LogP contribution is 2.20. The second kappa shape index (κ2) is 5.95. The van der Waals surface area contributed by atoms with Gasteiger partial charge in [-0.1, -0.05) is 19.1 Å². The first-order valence-electron chi connectivity index (χ1n) is 5.97. The van der Waals surface area contributed by atoms with Crippen molar-refractivity contribution in [2.45, 2.75) is 19.8 Å². The highest BCUT2D eigenvalue weighted by atomic mass is 16.5. The van der Waals surface area contributed by atoms with Crippen molar-refractivity contribution in [3.8, 4) is 11.6 Å². The summed E-state index contributed by atoms with van der Waals surface area (Å²) in [7, 11) is 0. The number of nitrogens with zero attached hydrogens (tertiary/aromatic N) is 2. The van der Waals surface area contributed by atoms with Crippen LogP contribution in [-0.2, 0) is 17.6 Å². The number of aromatic nitrogens is 2. The van der Waals surface area contributed by atoms with Gasteiger partial charge in [0.05, 0.1) is 12.1 Å². The van der Waals surface area contributed by atoms with Gasteiger partial charge in [0, 0.05) is 6.07 Å². The largest absolute Gasteiger partial charge is 0.481 e. The number of hydrogen-bond acceptors (Lipinski definition) is 4. The fourth-order valence-electron chi connectivity index (χ4n) is 1.63. The summed E-state index contributed by atoms with van der Waals surface area (Å²) < 4.78 is 5.60. The molecular weight excluding hydrogens is 244 g/mol. The quantitative estimate of drug-likeness (QED) is 0.891. The Bertz CT molecular complexity index is 584. The molecule has 98 valence electrons. The molecule has 2 aromatic rings. The van der Waals surface area contributed by atoms with Crippen LogP contribution in [-0.4, -0.2) is 21.0 Å². The molecule has 0 amide bonds. The highest BCUT2D eigenvalue weighted by Gasteiger charge is 2.05. The van der Waals surface area contributed by atoms with Gasteiger partial charge >= 0.3 is 5.97 Å². The first kappa shape index (κ1) is 13.0. The van der Waals surface area contributed by atoms with Gasteiger partial charge in [0.15, 0.2) is 0 Å². The van der Waals surface area contributed by atoms with Crippen molar-refractivity contribution < 1.29 is 14.6 Å². The number of carboxylic acids is 1. The molecule has 0 unspecified atom stereocenters. The van der Waals surface area contributed by atoms with Gasteiger partial charge in [-0.2, -0.15) is 0 Å². The van der Waals surface area contributed by atoms with Gasteiger partial charge in [-0.25, -0.2) is 9.97 Å². The van der Waals surface area contributed by atoms with Gasteiger partial charge in [-0.3, -0.25) is 4.79 Å². The summed E-state index contributed by atoms with van der Waals surface area (Å²) in [4.78, 5) is 18.5. The van der Waals surface area contributed by atoms with Gasteiger partial charge in [-0.05, 0) is 24.1 Å². The van der Waals surface area contributed by atoms with Gasteiger partial charge in [0.2, 0.25) is 5.88 Å². The molecule has 0 atom stereocenters. The van der Waals surface area contributed by atoms with Crippen molar-refractivity contribution in [1.82, 2.24) is 9.97 Å². The third-order valence-corrected chi connectivity index (χ3v) is 2.56. The van der Waals surface area contributed by atoms with Gasteiger partial charge in [-0.15, -0.1) is 0 Å². The van der Waals surface area contributed by atoms with Crippen LogP contribution >= 0.6 is 0 Å². The summed E-state index contributed by atoms with van der Waals surface area (Å²) in [6, 6.07) is 9.22. The van der Waals surface area contributed by atoms with E-state index in [1.165, 1.54) is 12.4 Å². The standard InChI is InChI=1S/C14H14N2O3/c1-2-10-4-3-5-12(6-10)19-13-7-11(8-14(17)18)15-9-16-13/h3-7,9H,2,8H2,1H3,(H,17,18). The fraction of sp³-hybridized carbons (Fsp3) is 0.214. The number of hydrogen-bond donors (Lipinski definition) is 1. The van der Waals surface area contributed by atoms with Crippen molar-refractivity contribution in [2.24, 2.45) is 0 Å². The van der Waals surface area contributed by atoms with Crippen LogP contribution < -0.4 is 4.74 Å². The average Bonchev–Trinajstić information content (AvgIpc) is 2.38. The highest BCUT2D eigenvalue weighted by molar-refractivity contribution is 5.69. The zero-order valence-corrected chi connectivity index (χ0v) is 10.5. The fourth-order valence-corrected chi connectivity index (χ4v) is 1.63. The van der Waals surface area contributed by atoms with Gasteiger partial charge in [0.25, 0.3) is 0 Å². The first-order chi connectivity index (χ1) is 9.17. The van der Waals surface area contributed by atoms with Crippen LogP contribution in [0.2, 0.25) is 0 Å². The number of ether oxygens (including phenoxy) is 1. The van der Waals surface area contributed by atoms with Crippen molar-refractivity contribution in [1.29, 1.82) is 0 Å². The smallest absolute Gasteiger partial charge is 0.309 e. The van der Waals surface area contributed by atoms with E-state index in [2.05, 4.69) is 16.9 Å². The zero-order chi connectivity index (χ0) is 13.7. The molecule has 5 heteroatoms. The Morgan fingerprint density at radius 2 is 2.16 bits per heavy atom. The molecule has 0 spiro atoms. The molecule has 0 saturated carbocycles. The van der Waals surface area contributed by atoms with E-state index in [1.807, 2.05) is 24.3 Å². The van der Waals surface area contributed by atoms with E-state index in [1.54, 1.807) is 0 Å². The Morgan fingerprint density at radius 1 is 1.32 bits per heavy atom. The Balaban J connectivity index is 2.15. The number of rotatable bonds is 5. The summed E-state index contributed by atoms with van der Waals surface area (Å²) in [5, 5.41) is 8.71. The number of aliphatic carboxylic acids is 1. The monoisotopic (exact) mass is 258 g/mol. The van der Waals surface area contributed by atoms with Crippen LogP contribution in [0.3, 0.4) is 0 Å². The molecule has 0 bridgehead atoms. The summed E-state index contributed by atoms with van der Waals surface area (Å²) in [5.74, 6) is 0.0939. The minimum atomic E-state index is -0.933. The van der Waals surface area contributed by atoms with Crippen LogP contribution in [0, 0.1) is 0 Å². The first-order valence-corrected chi connectivity index (χ1v) is 5.97. The normalized spacial score (nSPS) is 10.2. The van der Waals surface area contributed by atoms with Crippen molar-refractivity contribution >= 4 is 5.97 Å². The third-order valence-electron chi connectivity index (χ3n) is 2.56. The number of carbonyl (C=O) groups is 1. The van der Waals surface area contributed by atoms with Gasteiger partial charge < -0.3 is 9.84 Å². The lowest BCUT2D eigenvalue weighted by Gasteiger charge is -2.06. The molecule has 1 aromatic heterocycles. The molecule has 1 N–H and O–H groups in total. The molecule has 0 aliphatic carbocycles. The van der Waals surface area contributed by atoms with Crippen LogP contribution in [0.5, 0.6) is 11.6 Å². The van der Waals surface area contributed by atoms with E-state index in [4.69, 9.17) is 9.84 Å². The van der Waals surface area contributed by atoms with Gasteiger partial charge in [0.1, 0.15) is 12.1 Å². The van der Waals surface area contributed by atoms with Crippen LogP contribution in [0.15, 0.2) is 36.7 Å². The van der Waals surface area contributed by atoms with E-state index in [0.29, 0.717) is 17.3 Å². The number of aryl methyl sites for hydroxylation is 1. The Kier molecular flexibility index (Phi) is 4.07. The van der Waals surface area contributed by atoms with E-state index in [9.17, 15) is 4.79 Å². The predicted octanol–water partition coefficient (Wildman–Crippen LogP) is 2.46. The zero-order valence-electron chi connectivity index (χ0n) is 10.5.